The standard InChI is InChI=1S/C14H17F2N3O4S/c1-24-5-4-11(19-14(17)22)13(21)23-7-12(20)18-10-3-2-8(15)6-9(10)16/h2-3,6,11H,4-5,7H2,1H3,(H,18,20)(H3,17,19,22)/t11-/m0/s1. The summed E-state index contributed by atoms with van der Waals surface area (Å²) in [5, 5.41) is 4.36. The molecule has 1 aromatic rings. The van der Waals surface area contributed by atoms with E-state index in [1.165, 1.54) is 11.8 Å². The molecule has 132 valence electrons. The first-order valence-corrected chi connectivity index (χ1v) is 8.19. The Kier molecular flexibility index (Phi) is 7.96. The fraction of sp³-hybridized carbons (Fsp3) is 0.357. The maximum atomic E-state index is 13.4. The van der Waals surface area contributed by atoms with Crippen LogP contribution in [0.2, 0.25) is 0 Å². The van der Waals surface area contributed by atoms with Gasteiger partial charge in [-0.1, -0.05) is 0 Å². The third kappa shape index (κ3) is 6.82. The quantitative estimate of drug-likeness (QED) is 0.603. The number of anilines is 1. The molecule has 0 fully saturated rings. The molecule has 0 aliphatic heterocycles. The van der Waals surface area contributed by atoms with E-state index in [0.717, 1.165) is 12.1 Å². The number of thioether (sulfide) groups is 1. The number of urea groups is 1. The van der Waals surface area contributed by atoms with Crippen molar-refractivity contribution in [2.24, 2.45) is 5.73 Å². The lowest BCUT2D eigenvalue weighted by atomic mass is 10.2. The molecule has 0 aromatic heterocycles. The highest BCUT2D eigenvalue weighted by molar-refractivity contribution is 7.98. The van der Waals surface area contributed by atoms with Crippen LogP contribution in [0.25, 0.3) is 0 Å². The lowest BCUT2D eigenvalue weighted by Crippen LogP contribution is -2.45. The van der Waals surface area contributed by atoms with E-state index in [1.54, 1.807) is 0 Å². The zero-order valence-electron chi connectivity index (χ0n) is 12.8. The van der Waals surface area contributed by atoms with Crippen molar-refractivity contribution < 1.29 is 27.9 Å². The molecule has 1 aromatic carbocycles. The van der Waals surface area contributed by atoms with Crippen molar-refractivity contribution in [3.05, 3.63) is 29.8 Å². The second-order valence-electron chi connectivity index (χ2n) is 4.62. The Balaban J connectivity index is 2.54. The number of primary amides is 1. The number of ether oxygens (including phenoxy) is 1. The summed E-state index contributed by atoms with van der Waals surface area (Å²) in [6, 6.07) is 0.748. The second kappa shape index (κ2) is 9.71. The number of hydrogen-bond acceptors (Lipinski definition) is 5. The highest BCUT2D eigenvalue weighted by Crippen LogP contribution is 2.14. The Morgan fingerprint density at radius 2 is 2.04 bits per heavy atom. The van der Waals surface area contributed by atoms with E-state index >= 15 is 0 Å². The van der Waals surface area contributed by atoms with Gasteiger partial charge in [-0.15, -0.1) is 0 Å². The van der Waals surface area contributed by atoms with Gasteiger partial charge >= 0.3 is 12.0 Å². The van der Waals surface area contributed by atoms with Crippen molar-refractivity contribution in [2.75, 3.05) is 23.9 Å². The van der Waals surface area contributed by atoms with Crippen LogP contribution in [0.15, 0.2) is 18.2 Å². The predicted octanol–water partition coefficient (Wildman–Crippen LogP) is 1.24. The van der Waals surface area contributed by atoms with Crippen molar-refractivity contribution in [3.63, 3.8) is 0 Å². The average Bonchev–Trinajstić information content (AvgIpc) is 2.51. The number of esters is 1. The van der Waals surface area contributed by atoms with Crippen LogP contribution in [0.5, 0.6) is 0 Å². The van der Waals surface area contributed by atoms with Gasteiger partial charge in [0.1, 0.15) is 17.7 Å². The summed E-state index contributed by atoms with van der Waals surface area (Å²) in [4.78, 5) is 34.4. The Hall–Kier alpha value is -2.36. The van der Waals surface area contributed by atoms with Crippen LogP contribution in [0, 0.1) is 11.6 Å². The molecular weight excluding hydrogens is 344 g/mol. The fourth-order valence-corrected chi connectivity index (χ4v) is 2.14. The average molecular weight is 361 g/mol. The SMILES string of the molecule is CSCC[C@H](NC(N)=O)C(=O)OCC(=O)Nc1ccc(F)cc1F. The van der Waals surface area contributed by atoms with Gasteiger partial charge in [0.2, 0.25) is 0 Å². The van der Waals surface area contributed by atoms with Crippen LogP contribution in [0.3, 0.4) is 0 Å². The highest BCUT2D eigenvalue weighted by atomic mass is 32.2. The van der Waals surface area contributed by atoms with Crippen LogP contribution in [-0.2, 0) is 14.3 Å². The number of halogens is 2. The predicted molar refractivity (Wildman–Crippen MR) is 85.5 cm³/mol. The number of benzene rings is 1. The molecule has 0 unspecified atom stereocenters. The van der Waals surface area contributed by atoms with Crippen LogP contribution in [0.4, 0.5) is 19.3 Å². The van der Waals surface area contributed by atoms with E-state index in [1.807, 2.05) is 6.26 Å². The Labute approximate surface area is 141 Å². The smallest absolute Gasteiger partial charge is 0.329 e. The third-order valence-corrected chi connectivity index (χ3v) is 3.41. The molecule has 1 rings (SSSR count). The van der Waals surface area contributed by atoms with Gasteiger partial charge in [-0.2, -0.15) is 11.8 Å². The molecule has 4 N–H and O–H groups in total. The minimum absolute atomic E-state index is 0.244. The summed E-state index contributed by atoms with van der Waals surface area (Å²) in [5.41, 5.74) is 4.73. The van der Waals surface area contributed by atoms with Gasteiger partial charge in [0.05, 0.1) is 5.69 Å². The van der Waals surface area contributed by atoms with Gasteiger partial charge in [-0.25, -0.2) is 18.4 Å². The highest BCUT2D eigenvalue weighted by Gasteiger charge is 2.22. The van der Waals surface area contributed by atoms with E-state index in [-0.39, 0.29) is 12.1 Å². The maximum absolute atomic E-state index is 13.4. The zero-order valence-corrected chi connectivity index (χ0v) is 13.6. The molecule has 0 saturated carbocycles. The first-order chi connectivity index (χ1) is 11.3. The van der Waals surface area contributed by atoms with Crippen LogP contribution < -0.4 is 16.4 Å². The summed E-state index contributed by atoms with van der Waals surface area (Å²) >= 11 is 1.45. The Morgan fingerprint density at radius 3 is 2.62 bits per heavy atom. The molecule has 3 amide bonds. The van der Waals surface area contributed by atoms with Gasteiger partial charge in [-0.05, 0) is 30.6 Å². The normalized spacial score (nSPS) is 11.5. The van der Waals surface area contributed by atoms with Gasteiger partial charge in [-0.3, -0.25) is 4.79 Å². The minimum atomic E-state index is -0.981. The van der Waals surface area contributed by atoms with Crippen LogP contribution in [-0.4, -0.2) is 42.6 Å². The monoisotopic (exact) mass is 361 g/mol. The number of amides is 3. The number of rotatable bonds is 8. The Morgan fingerprint density at radius 1 is 1.33 bits per heavy atom. The lowest BCUT2D eigenvalue weighted by Gasteiger charge is -2.16. The summed E-state index contributed by atoms with van der Waals surface area (Å²) in [6.45, 7) is -0.689. The maximum Gasteiger partial charge on any atom is 0.329 e. The van der Waals surface area contributed by atoms with E-state index < -0.39 is 42.2 Å². The second-order valence-corrected chi connectivity index (χ2v) is 5.61. The van der Waals surface area contributed by atoms with Crippen molar-refractivity contribution in [2.45, 2.75) is 12.5 Å². The molecule has 0 aliphatic carbocycles. The molecular formula is C14H17F2N3O4S. The molecule has 10 heteroatoms. The number of hydrogen-bond donors (Lipinski definition) is 3. The van der Waals surface area contributed by atoms with Crippen LogP contribution in [0.1, 0.15) is 6.42 Å². The molecule has 1 atom stereocenters. The molecule has 0 heterocycles. The molecule has 0 radical (unpaired) electrons. The van der Waals surface area contributed by atoms with Gasteiger partial charge in [0.15, 0.2) is 6.61 Å². The van der Waals surface area contributed by atoms with Crippen molar-refractivity contribution in [3.8, 4) is 0 Å². The molecule has 24 heavy (non-hydrogen) atoms. The summed E-state index contributed by atoms with van der Waals surface area (Å²) in [6.07, 6.45) is 2.09. The Bertz CT molecular complexity index is 616. The number of nitrogens with one attached hydrogen (secondary N) is 2. The molecule has 0 bridgehead atoms. The largest absolute Gasteiger partial charge is 0.454 e. The van der Waals surface area contributed by atoms with E-state index in [9.17, 15) is 23.2 Å². The topological polar surface area (TPSA) is 111 Å². The number of nitrogens with two attached hydrogens (primary N) is 1. The fourth-order valence-electron chi connectivity index (χ4n) is 1.67. The van der Waals surface area contributed by atoms with Crippen LogP contribution >= 0.6 is 11.8 Å². The molecule has 0 spiro atoms. The van der Waals surface area contributed by atoms with Gasteiger partial charge in [0.25, 0.3) is 5.91 Å². The zero-order chi connectivity index (χ0) is 18.1. The van der Waals surface area contributed by atoms with Crippen molar-refractivity contribution >= 4 is 35.4 Å². The number of carbonyl (C=O) groups is 3. The lowest BCUT2D eigenvalue weighted by molar-refractivity contribution is -0.149. The van der Waals surface area contributed by atoms with Crippen molar-refractivity contribution in [1.82, 2.24) is 5.32 Å². The van der Waals surface area contributed by atoms with Gasteiger partial charge in [0, 0.05) is 6.07 Å². The first kappa shape index (κ1) is 19.7. The van der Waals surface area contributed by atoms with E-state index in [0.29, 0.717) is 11.8 Å². The summed E-state index contributed by atoms with van der Waals surface area (Å²) < 4.78 is 30.9. The first-order valence-electron chi connectivity index (χ1n) is 6.80. The molecule has 0 saturated heterocycles. The number of carbonyl (C=O) groups excluding carboxylic acids is 3. The summed E-state index contributed by atoms with van der Waals surface area (Å²) in [5.74, 6) is -2.82. The van der Waals surface area contributed by atoms with E-state index in [2.05, 4.69) is 10.6 Å². The summed E-state index contributed by atoms with van der Waals surface area (Å²) in [7, 11) is 0. The van der Waals surface area contributed by atoms with Crippen molar-refractivity contribution in [1.29, 1.82) is 0 Å². The van der Waals surface area contributed by atoms with Gasteiger partial charge < -0.3 is 21.1 Å². The molecule has 7 nitrogen and oxygen atoms in total. The van der Waals surface area contributed by atoms with E-state index in [4.69, 9.17) is 10.5 Å². The molecule has 0 aliphatic rings. The third-order valence-electron chi connectivity index (χ3n) is 2.76. The minimum Gasteiger partial charge on any atom is -0.454 e.